The summed E-state index contributed by atoms with van der Waals surface area (Å²) in [6, 6.07) is -0.731. The van der Waals surface area contributed by atoms with Crippen molar-refractivity contribution >= 4 is 5.97 Å². The van der Waals surface area contributed by atoms with Crippen LogP contribution in [0.25, 0.3) is 0 Å². The van der Waals surface area contributed by atoms with Crippen molar-refractivity contribution in [2.45, 2.75) is 26.8 Å². The fourth-order valence-corrected chi connectivity index (χ4v) is 0.204. The molecular weight excluding hydrogens is 146 g/mol. The number of carbonyl (C=O) groups is 1. The Hall–Kier alpha value is -0.610. The monoisotopic (exact) mass is 163 g/mol. The van der Waals surface area contributed by atoms with Gasteiger partial charge in [0.1, 0.15) is 6.04 Å². The topological polar surface area (TPSA) is 72.6 Å². The van der Waals surface area contributed by atoms with Crippen molar-refractivity contribution in [1.82, 2.24) is 0 Å². The summed E-state index contributed by atoms with van der Waals surface area (Å²) in [7, 11) is 0. The average Bonchev–Trinajstić information content (AvgIpc) is 1.90. The molecule has 0 aliphatic rings. The van der Waals surface area contributed by atoms with Gasteiger partial charge in [0, 0.05) is 13.2 Å². The molecule has 0 saturated carbocycles. The molecule has 68 valence electrons. The molecule has 0 spiro atoms. The molecule has 0 aromatic rings. The first-order valence-electron chi connectivity index (χ1n) is 3.62. The summed E-state index contributed by atoms with van der Waals surface area (Å²) in [4.78, 5) is 9.57. The molecule has 0 aromatic carbocycles. The minimum atomic E-state index is -0.963. The van der Waals surface area contributed by atoms with Crippen molar-refractivity contribution in [3.8, 4) is 0 Å². The molecule has 1 atom stereocenters. The Morgan fingerprint density at radius 2 is 1.82 bits per heavy atom. The van der Waals surface area contributed by atoms with E-state index in [4.69, 9.17) is 15.6 Å². The SMILES string of the molecule is CC(N)C(=O)O.CCOCC. The smallest absolute Gasteiger partial charge is 0.320 e. The summed E-state index contributed by atoms with van der Waals surface area (Å²) < 4.78 is 4.83. The van der Waals surface area contributed by atoms with E-state index in [0.717, 1.165) is 13.2 Å². The molecule has 0 aliphatic heterocycles. The summed E-state index contributed by atoms with van der Waals surface area (Å²) in [6.45, 7) is 7.09. The highest BCUT2D eigenvalue weighted by Crippen LogP contribution is 1.68. The third-order valence-corrected chi connectivity index (χ3v) is 0.798. The fraction of sp³-hybridized carbons (Fsp3) is 0.857. The molecular formula is C7H17NO3. The number of aliphatic carboxylic acids is 1. The molecule has 11 heavy (non-hydrogen) atoms. The molecule has 0 heterocycles. The van der Waals surface area contributed by atoms with Gasteiger partial charge in [-0.15, -0.1) is 0 Å². The van der Waals surface area contributed by atoms with E-state index in [2.05, 4.69) is 0 Å². The van der Waals surface area contributed by atoms with Crippen LogP contribution in [0.3, 0.4) is 0 Å². The number of nitrogens with two attached hydrogens (primary N) is 1. The van der Waals surface area contributed by atoms with Crippen molar-refractivity contribution in [2.75, 3.05) is 13.2 Å². The number of carboxylic acid groups (broad SMARTS) is 1. The second kappa shape index (κ2) is 9.39. The van der Waals surface area contributed by atoms with E-state index in [1.54, 1.807) is 0 Å². The number of carboxylic acids is 1. The fourth-order valence-electron chi connectivity index (χ4n) is 0.204. The van der Waals surface area contributed by atoms with E-state index < -0.39 is 12.0 Å². The van der Waals surface area contributed by atoms with Crippen LogP contribution in [0, 0.1) is 0 Å². The second-order valence-corrected chi connectivity index (χ2v) is 1.91. The summed E-state index contributed by atoms with van der Waals surface area (Å²) >= 11 is 0. The molecule has 0 fully saturated rings. The second-order valence-electron chi connectivity index (χ2n) is 1.91. The first kappa shape index (κ1) is 13.0. The van der Waals surface area contributed by atoms with Gasteiger partial charge in [0.25, 0.3) is 0 Å². The van der Waals surface area contributed by atoms with Gasteiger partial charge in [-0.25, -0.2) is 0 Å². The van der Waals surface area contributed by atoms with E-state index in [9.17, 15) is 4.79 Å². The highest BCUT2D eigenvalue weighted by atomic mass is 16.5. The quantitative estimate of drug-likeness (QED) is 0.634. The minimum Gasteiger partial charge on any atom is -0.480 e. The highest BCUT2D eigenvalue weighted by Gasteiger charge is 1.99. The van der Waals surface area contributed by atoms with E-state index in [1.807, 2.05) is 13.8 Å². The molecule has 1 unspecified atom stereocenters. The number of hydrogen-bond donors (Lipinski definition) is 2. The van der Waals surface area contributed by atoms with Crippen LogP contribution in [0.1, 0.15) is 20.8 Å². The first-order valence-corrected chi connectivity index (χ1v) is 3.62. The van der Waals surface area contributed by atoms with Crippen molar-refractivity contribution in [2.24, 2.45) is 5.73 Å². The predicted molar refractivity (Wildman–Crippen MR) is 43.5 cm³/mol. The molecule has 0 aliphatic carbocycles. The zero-order chi connectivity index (χ0) is 9.28. The van der Waals surface area contributed by atoms with Gasteiger partial charge < -0.3 is 15.6 Å². The largest absolute Gasteiger partial charge is 0.480 e. The van der Waals surface area contributed by atoms with Gasteiger partial charge in [0.2, 0.25) is 0 Å². The van der Waals surface area contributed by atoms with Crippen LogP contribution in [0.15, 0.2) is 0 Å². The van der Waals surface area contributed by atoms with E-state index in [-0.39, 0.29) is 0 Å². The predicted octanol–water partition coefficient (Wildman–Crippen LogP) is 0.461. The third-order valence-electron chi connectivity index (χ3n) is 0.798. The zero-order valence-electron chi connectivity index (χ0n) is 7.33. The highest BCUT2D eigenvalue weighted by molar-refractivity contribution is 5.72. The summed E-state index contributed by atoms with van der Waals surface area (Å²) in [5, 5.41) is 7.87. The van der Waals surface area contributed by atoms with Crippen LogP contribution in [-0.2, 0) is 9.53 Å². The van der Waals surface area contributed by atoms with Crippen LogP contribution >= 0.6 is 0 Å². The van der Waals surface area contributed by atoms with Gasteiger partial charge in [0.05, 0.1) is 0 Å². The molecule has 0 amide bonds. The molecule has 0 saturated heterocycles. The lowest BCUT2D eigenvalue weighted by Gasteiger charge is -1.90. The van der Waals surface area contributed by atoms with Gasteiger partial charge in [-0.1, -0.05) is 0 Å². The molecule has 0 bridgehead atoms. The van der Waals surface area contributed by atoms with E-state index in [1.165, 1.54) is 6.92 Å². The maximum Gasteiger partial charge on any atom is 0.320 e. The lowest BCUT2D eigenvalue weighted by atomic mass is 10.4. The van der Waals surface area contributed by atoms with Gasteiger partial charge in [-0.05, 0) is 20.8 Å². The number of rotatable bonds is 3. The Morgan fingerprint density at radius 3 is 1.82 bits per heavy atom. The minimum absolute atomic E-state index is 0.731. The summed E-state index contributed by atoms with van der Waals surface area (Å²) in [5.41, 5.74) is 4.84. The molecule has 0 rings (SSSR count). The van der Waals surface area contributed by atoms with Crippen LogP contribution < -0.4 is 5.73 Å². The molecule has 4 nitrogen and oxygen atoms in total. The zero-order valence-corrected chi connectivity index (χ0v) is 7.33. The van der Waals surface area contributed by atoms with Gasteiger partial charge in [-0.3, -0.25) is 4.79 Å². The van der Waals surface area contributed by atoms with Gasteiger partial charge in [-0.2, -0.15) is 0 Å². The van der Waals surface area contributed by atoms with Crippen LogP contribution in [-0.4, -0.2) is 30.3 Å². The van der Waals surface area contributed by atoms with E-state index >= 15 is 0 Å². The Labute approximate surface area is 67.3 Å². The van der Waals surface area contributed by atoms with Crippen molar-refractivity contribution in [3.05, 3.63) is 0 Å². The Balaban J connectivity index is 0. The van der Waals surface area contributed by atoms with Crippen molar-refractivity contribution < 1.29 is 14.6 Å². The third kappa shape index (κ3) is 17.7. The van der Waals surface area contributed by atoms with Crippen molar-refractivity contribution in [3.63, 3.8) is 0 Å². The van der Waals surface area contributed by atoms with E-state index in [0.29, 0.717) is 0 Å². The van der Waals surface area contributed by atoms with Gasteiger partial charge in [0.15, 0.2) is 0 Å². The maximum absolute atomic E-state index is 9.57. The van der Waals surface area contributed by atoms with Crippen molar-refractivity contribution in [1.29, 1.82) is 0 Å². The Morgan fingerprint density at radius 1 is 1.55 bits per heavy atom. The van der Waals surface area contributed by atoms with Gasteiger partial charge >= 0.3 is 5.97 Å². The van der Waals surface area contributed by atoms with Crippen LogP contribution in [0.2, 0.25) is 0 Å². The van der Waals surface area contributed by atoms with Crippen LogP contribution in [0.5, 0.6) is 0 Å². The molecule has 0 aromatic heterocycles. The molecule has 0 radical (unpaired) electrons. The Bertz CT molecular complexity index is 91.7. The first-order chi connectivity index (χ1) is 5.06. The standard InChI is InChI=1S/C4H10O.C3H7NO2/c1-3-5-4-2;1-2(4)3(5)6/h3-4H2,1-2H3;2H,4H2,1H3,(H,5,6). The lowest BCUT2D eigenvalue weighted by molar-refractivity contribution is -0.138. The summed E-state index contributed by atoms with van der Waals surface area (Å²) in [5.74, 6) is -0.963. The van der Waals surface area contributed by atoms with Crippen LogP contribution in [0.4, 0.5) is 0 Å². The maximum atomic E-state index is 9.57. The molecule has 3 N–H and O–H groups in total. The average molecular weight is 163 g/mol. The number of ether oxygens (including phenoxy) is 1. The lowest BCUT2D eigenvalue weighted by Crippen LogP contribution is -2.25. The summed E-state index contributed by atoms with van der Waals surface area (Å²) in [6.07, 6.45) is 0. The number of hydrogen-bond acceptors (Lipinski definition) is 3. The Kier molecular flexibility index (Phi) is 11.1. The normalized spacial score (nSPS) is 11.3. The molecule has 4 heteroatoms.